The average molecular weight is 490 g/mol. The number of hydrogen-bond donors (Lipinski definition) is 0. The molecule has 2 heterocycles. The normalized spacial score (nSPS) is 14.0. The summed E-state index contributed by atoms with van der Waals surface area (Å²) < 4.78 is 0. The summed E-state index contributed by atoms with van der Waals surface area (Å²) in [6.45, 7) is 6.45. The van der Waals surface area contributed by atoms with Crippen LogP contribution in [0.4, 0.5) is 5.82 Å². The van der Waals surface area contributed by atoms with Crippen LogP contribution >= 0.6 is 34.8 Å². The third-order valence-electron chi connectivity index (χ3n) is 5.66. The van der Waals surface area contributed by atoms with Crippen LogP contribution in [0.2, 0.25) is 15.1 Å². The highest BCUT2D eigenvalue weighted by atomic mass is 35.5. The summed E-state index contributed by atoms with van der Waals surface area (Å²) in [6, 6.07) is 12.8. The summed E-state index contributed by atoms with van der Waals surface area (Å²) in [5, 5.41) is 1.55. The summed E-state index contributed by atoms with van der Waals surface area (Å²) in [6.07, 6.45) is 0.656. The van der Waals surface area contributed by atoms with Crippen molar-refractivity contribution < 1.29 is 4.79 Å². The summed E-state index contributed by atoms with van der Waals surface area (Å²) in [7, 11) is 0. The standard InChI is InChI=1S/C24H23Cl3N4O/c1-15-19(13-17-5-3-4-6-20(17)25)23(29-16(2)28-15)30-9-11-31(12-10-30)24(32)18-7-8-21(26)22(27)14-18/h3-8,14H,9-13H2,1-2H3. The Morgan fingerprint density at radius 3 is 2.31 bits per heavy atom. The molecule has 1 aromatic heterocycles. The zero-order valence-electron chi connectivity index (χ0n) is 17.9. The van der Waals surface area contributed by atoms with Crippen LogP contribution in [-0.2, 0) is 6.42 Å². The Balaban J connectivity index is 1.53. The topological polar surface area (TPSA) is 49.3 Å². The molecule has 4 rings (SSSR count). The van der Waals surface area contributed by atoms with Crippen molar-refractivity contribution in [2.24, 2.45) is 0 Å². The summed E-state index contributed by atoms with van der Waals surface area (Å²) in [5.41, 5.74) is 3.59. The largest absolute Gasteiger partial charge is 0.353 e. The second-order valence-electron chi connectivity index (χ2n) is 7.83. The fourth-order valence-corrected chi connectivity index (χ4v) is 4.45. The van der Waals surface area contributed by atoms with Gasteiger partial charge in [0.25, 0.3) is 5.91 Å². The van der Waals surface area contributed by atoms with Gasteiger partial charge in [-0.15, -0.1) is 0 Å². The van der Waals surface area contributed by atoms with E-state index in [1.165, 1.54) is 0 Å². The molecule has 0 radical (unpaired) electrons. The Morgan fingerprint density at radius 2 is 1.62 bits per heavy atom. The van der Waals surface area contributed by atoms with Crippen LogP contribution in [-0.4, -0.2) is 47.0 Å². The van der Waals surface area contributed by atoms with Gasteiger partial charge in [0.1, 0.15) is 11.6 Å². The number of amides is 1. The highest BCUT2D eigenvalue weighted by molar-refractivity contribution is 6.42. The van der Waals surface area contributed by atoms with Crippen molar-refractivity contribution in [2.45, 2.75) is 20.3 Å². The average Bonchev–Trinajstić information content (AvgIpc) is 2.78. The summed E-state index contributed by atoms with van der Waals surface area (Å²) in [4.78, 5) is 26.3. The number of carbonyl (C=O) groups is 1. The number of nitrogens with zero attached hydrogens (tertiary/aromatic N) is 4. The van der Waals surface area contributed by atoms with Crippen molar-refractivity contribution in [3.63, 3.8) is 0 Å². The first-order chi connectivity index (χ1) is 15.3. The van der Waals surface area contributed by atoms with Crippen molar-refractivity contribution in [3.8, 4) is 0 Å². The molecule has 0 spiro atoms. The molecule has 0 aliphatic carbocycles. The van der Waals surface area contributed by atoms with E-state index in [1.54, 1.807) is 18.2 Å². The Labute approximate surface area is 202 Å². The minimum Gasteiger partial charge on any atom is -0.353 e. The molecule has 0 saturated carbocycles. The van der Waals surface area contributed by atoms with E-state index in [1.807, 2.05) is 43.0 Å². The van der Waals surface area contributed by atoms with E-state index < -0.39 is 0 Å². The predicted molar refractivity (Wildman–Crippen MR) is 130 cm³/mol. The van der Waals surface area contributed by atoms with E-state index in [9.17, 15) is 4.79 Å². The van der Waals surface area contributed by atoms with Gasteiger partial charge in [0, 0.05) is 54.4 Å². The quantitative estimate of drug-likeness (QED) is 0.478. The molecule has 32 heavy (non-hydrogen) atoms. The van der Waals surface area contributed by atoms with Crippen LogP contribution < -0.4 is 4.90 Å². The number of aryl methyl sites for hydroxylation is 2. The first-order valence-corrected chi connectivity index (χ1v) is 11.5. The predicted octanol–water partition coefficient (Wildman–Crippen LogP) is 5.61. The lowest BCUT2D eigenvalue weighted by molar-refractivity contribution is 0.0746. The number of piperazine rings is 1. The molecule has 166 valence electrons. The maximum Gasteiger partial charge on any atom is 0.254 e. The highest BCUT2D eigenvalue weighted by Crippen LogP contribution is 2.28. The van der Waals surface area contributed by atoms with Crippen molar-refractivity contribution in [2.75, 3.05) is 31.1 Å². The molecule has 2 aromatic carbocycles. The van der Waals surface area contributed by atoms with Crippen molar-refractivity contribution in [3.05, 3.63) is 85.7 Å². The van der Waals surface area contributed by atoms with Gasteiger partial charge >= 0.3 is 0 Å². The molecule has 5 nitrogen and oxygen atoms in total. The zero-order valence-corrected chi connectivity index (χ0v) is 20.2. The molecule has 1 fully saturated rings. The molecule has 1 aliphatic rings. The van der Waals surface area contributed by atoms with E-state index >= 15 is 0 Å². The SMILES string of the molecule is Cc1nc(C)c(Cc2ccccc2Cl)c(N2CCN(C(=O)c3ccc(Cl)c(Cl)c3)CC2)n1. The van der Waals surface area contributed by atoms with E-state index in [0.717, 1.165) is 33.5 Å². The van der Waals surface area contributed by atoms with Crippen LogP contribution in [0.15, 0.2) is 42.5 Å². The second kappa shape index (κ2) is 9.65. The van der Waals surface area contributed by atoms with E-state index in [2.05, 4.69) is 9.88 Å². The molecule has 8 heteroatoms. The molecule has 1 amide bonds. The van der Waals surface area contributed by atoms with Crippen LogP contribution in [0.1, 0.15) is 33.0 Å². The monoisotopic (exact) mass is 488 g/mol. The van der Waals surface area contributed by atoms with Gasteiger partial charge in [0.15, 0.2) is 0 Å². The van der Waals surface area contributed by atoms with Gasteiger partial charge < -0.3 is 9.80 Å². The smallest absolute Gasteiger partial charge is 0.254 e. The number of anilines is 1. The third kappa shape index (κ3) is 4.85. The van der Waals surface area contributed by atoms with Gasteiger partial charge in [-0.25, -0.2) is 9.97 Å². The van der Waals surface area contributed by atoms with E-state index in [-0.39, 0.29) is 5.91 Å². The molecule has 1 saturated heterocycles. The molecular formula is C24H23Cl3N4O. The maximum atomic E-state index is 12.9. The lowest BCUT2D eigenvalue weighted by Gasteiger charge is -2.36. The van der Waals surface area contributed by atoms with Gasteiger partial charge in [-0.05, 0) is 43.7 Å². The fourth-order valence-electron chi connectivity index (χ4n) is 3.95. The van der Waals surface area contributed by atoms with Gasteiger partial charge in [-0.2, -0.15) is 0 Å². The third-order valence-corrected chi connectivity index (χ3v) is 6.77. The fraction of sp³-hybridized carbons (Fsp3) is 0.292. The maximum absolute atomic E-state index is 12.9. The number of hydrogen-bond acceptors (Lipinski definition) is 4. The lowest BCUT2D eigenvalue weighted by atomic mass is 10.0. The van der Waals surface area contributed by atoms with Gasteiger partial charge in [-0.1, -0.05) is 53.0 Å². The molecule has 0 bridgehead atoms. The number of carbonyl (C=O) groups excluding carboxylic acids is 1. The minimum atomic E-state index is -0.0467. The van der Waals surface area contributed by atoms with Crippen molar-refractivity contribution >= 4 is 46.5 Å². The minimum absolute atomic E-state index is 0.0467. The Morgan fingerprint density at radius 1 is 0.906 bits per heavy atom. The Bertz CT molecular complexity index is 1160. The van der Waals surface area contributed by atoms with E-state index in [4.69, 9.17) is 39.8 Å². The second-order valence-corrected chi connectivity index (χ2v) is 9.06. The lowest BCUT2D eigenvalue weighted by Crippen LogP contribution is -2.49. The summed E-state index contributed by atoms with van der Waals surface area (Å²) >= 11 is 18.5. The number of rotatable bonds is 4. The molecule has 0 N–H and O–H groups in total. The van der Waals surface area contributed by atoms with Crippen LogP contribution in [0.3, 0.4) is 0 Å². The number of aromatic nitrogens is 2. The molecular weight excluding hydrogens is 467 g/mol. The molecule has 3 aromatic rings. The number of halogens is 3. The zero-order chi connectivity index (χ0) is 22.8. The van der Waals surface area contributed by atoms with Crippen LogP contribution in [0, 0.1) is 13.8 Å². The molecule has 1 aliphatic heterocycles. The van der Waals surface area contributed by atoms with Crippen LogP contribution in [0.5, 0.6) is 0 Å². The molecule has 0 atom stereocenters. The van der Waals surface area contributed by atoms with E-state index in [0.29, 0.717) is 48.2 Å². The van der Waals surface area contributed by atoms with Gasteiger partial charge in [0.2, 0.25) is 0 Å². The van der Waals surface area contributed by atoms with Crippen molar-refractivity contribution in [1.29, 1.82) is 0 Å². The Kier molecular flexibility index (Phi) is 6.89. The van der Waals surface area contributed by atoms with Crippen molar-refractivity contribution in [1.82, 2.24) is 14.9 Å². The van der Waals surface area contributed by atoms with Gasteiger partial charge in [-0.3, -0.25) is 4.79 Å². The molecule has 0 unspecified atom stereocenters. The number of benzene rings is 2. The first kappa shape index (κ1) is 22.8. The van der Waals surface area contributed by atoms with Crippen LogP contribution in [0.25, 0.3) is 0 Å². The Hall–Kier alpha value is -2.34. The highest BCUT2D eigenvalue weighted by Gasteiger charge is 2.26. The summed E-state index contributed by atoms with van der Waals surface area (Å²) in [5.74, 6) is 1.60. The first-order valence-electron chi connectivity index (χ1n) is 10.4. The van der Waals surface area contributed by atoms with Gasteiger partial charge in [0.05, 0.1) is 10.0 Å².